The molecule has 1 atom stereocenters. The number of aromatic carboxylic acids is 1. The molecule has 0 heterocycles. The quantitative estimate of drug-likeness (QED) is 0.873. The van der Waals surface area contributed by atoms with Gasteiger partial charge in [0.25, 0.3) is 5.91 Å². The lowest BCUT2D eigenvalue weighted by atomic mass is 10.1. The zero-order valence-electron chi connectivity index (χ0n) is 10.1. The van der Waals surface area contributed by atoms with Gasteiger partial charge in [0.1, 0.15) is 0 Å². The Morgan fingerprint density at radius 2 is 2.17 bits per heavy atom. The van der Waals surface area contributed by atoms with E-state index in [1.54, 1.807) is 11.8 Å². The fourth-order valence-corrected chi connectivity index (χ4v) is 1.85. The number of carbonyl (C=O) groups excluding carboxylic acids is 1. The average molecular weight is 288 g/mol. The maximum atomic E-state index is 11.9. The molecule has 0 saturated carbocycles. The number of hydrogen-bond acceptors (Lipinski definition) is 3. The summed E-state index contributed by atoms with van der Waals surface area (Å²) in [5.41, 5.74) is -0.0724. The summed E-state index contributed by atoms with van der Waals surface area (Å²) in [5, 5.41) is 12.1. The Balaban J connectivity index is 2.94. The van der Waals surface area contributed by atoms with E-state index in [4.69, 9.17) is 16.7 Å². The predicted octanol–water partition coefficient (Wildman–Crippen LogP) is 2.52. The van der Waals surface area contributed by atoms with Gasteiger partial charge in [-0.1, -0.05) is 24.6 Å². The molecular weight excluding hydrogens is 274 g/mol. The second-order valence-corrected chi connectivity index (χ2v) is 5.41. The van der Waals surface area contributed by atoms with Crippen molar-refractivity contribution in [1.29, 1.82) is 0 Å². The molecule has 0 saturated heterocycles. The number of thioether (sulfide) groups is 1. The third kappa shape index (κ3) is 3.65. The van der Waals surface area contributed by atoms with Crippen LogP contribution in [-0.4, -0.2) is 35.0 Å². The van der Waals surface area contributed by atoms with Gasteiger partial charge >= 0.3 is 5.97 Å². The minimum Gasteiger partial charge on any atom is -0.478 e. The Hall–Kier alpha value is -1.20. The molecule has 0 radical (unpaired) electrons. The van der Waals surface area contributed by atoms with Crippen molar-refractivity contribution in [2.24, 2.45) is 0 Å². The van der Waals surface area contributed by atoms with Crippen LogP contribution in [0.4, 0.5) is 0 Å². The molecule has 98 valence electrons. The summed E-state index contributed by atoms with van der Waals surface area (Å²) < 4.78 is 0. The van der Waals surface area contributed by atoms with Gasteiger partial charge < -0.3 is 10.4 Å². The number of rotatable bonds is 5. The summed E-state index contributed by atoms with van der Waals surface area (Å²) in [6, 6.07) is 4.37. The average Bonchev–Trinajstić information content (AvgIpc) is 2.34. The molecule has 1 amide bonds. The van der Waals surface area contributed by atoms with Gasteiger partial charge in [0.05, 0.1) is 16.1 Å². The Labute approximate surface area is 115 Å². The first kappa shape index (κ1) is 14.9. The van der Waals surface area contributed by atoms with Crippen molar-refractivity contribution in [3.63, 3.8) is 0 Å². The molecule has 0 spiro atoms. The molecule has 0 aliphatic carbocycles. The van der Waals surface area contributed by atoms with Crippen LogP contribution in [0.5, 0.6) is 0 Å². The highest BCUT2D eigenvalue weighted by atomic mass is 35.5. The van der Waals surface area contributed by atoms with Crippen molar-refractivity contribution in [2.45, 2.75) is 12.2 Å². The lowest BCUT2D eigenvalue weighted by Crippen LogP contribution is -2.30. The Bertz CT molecular complexity index is 465. The van der Waals surface area contributed by atoms with Crippen LogP contribution in [0, 0.1) is 0 Å². The maximum Gasteiger partial charge on any atom is 0.336 e. The minimum atomic E-state index is -1.17. The van der Waals surface area contributed by atoms with Gasteiger partial charge in [-0.2, -0.15) is 11.8 Å². The van der Waals surface area contributed by atoms with Gasteiger partial charge in [0, 0.05) is 11.8 Å². The second-order valence-electron chi connectivity index (χ2n) is 3.72. The van der Waals surface area contributed by atoms with Gasteiger partial charge in [-0.3, -0.25) is 4.79 Å². The topological polar surface area (TPSA) is 66.4 Å². The van der Waals surface area contributed by atoms with Crippen molar-refractivity contribution in [1.82, 2.24) is 5.32 Å². The van der Waals surface area contributed by atoms with Crippen molar-refractivity contribution < 1.29 is 14.7 Å². The van der Waals surface area contributed by atoms with Gasteiger partial charge in [-0.15, -0.1) is 0 Å². The number of carboxylic acids is 1. The number of carboxylic acid groups (broad SMARTS) is 1. The zero-order valence-corrected chi connectivity index (χ0v) is 11.6. The van der Waals surface area contributed by atoms with E-state index in [1.165, 1.54) is 18.2 Å². The summed E-state index contributed by atoms with van der Waals surface area (Å²) in [5.74, 6) is -1.63. The lowest BCUT2D eigenvalue weighted by Gasteiger charge is -2.12. The van der Waals surface area contributed by atoms with Gasteiger partial charge in [0.15, 0.2) is 0 Å². The molecule has 6 heteroatoms. The lowest BCUT2D eigenvalue weighted by molar-refractivity contribution is 0.0691. The van der Waals surface area contributed by atoms with E-state index >= 15 is 0 Å². The van der Waals surface area contributed by atoms with Crippen LogP contribution in [0.25, 0.3) is 0 Å². The molecule has 18 heavy (non-hydrogen) atoms. The molecule has 0 aromatic heterocycles. The SMILES string of the molecule is CSC(C)CNC(=O)c1c(Cl)cccc1C(=O)O. The summed E-state index contributed by atoms with van der Waals surface area (Å²) in [7, 11) is 0. The van der Waals surface area contributed by atoms with E-state index in [0.717, 1.165) is 0 Å². The van der Waals surface area contributed by atoms with Gasteiger partial charge in [-0.05, 0) is 18.4 Å². The van der Waals surface area contributed by atoms with E-state index in [0.29, 0.717) is 6.54 Å². The highest BCUT2D eigenvalue weighted by molar-refractivity contribution is 7.99. The number of benzene rings is 1. The van der Waals surface area contributed by atoms with Crippen LogP contribution >= 0.6 is 23.4 Å². The molecule has 1 rings (SSSR count). The fraction of sp³-hybridized carbons (Fsp3) is 0.333. The number of carbonyl (C=O) groups is 2. The number of amides is 1. The standard InChI is InChI=1S/C12H14ClNO3S/c1-7(18-2)6-14-11(15)10-8(12(16)17)4-3-5-9(10)13/h3-5,7H,6H2,1-2H3,(H,14,15)(H,16,17). The molecule has 1 aromatic rings. The normalized spacial score (nSPS) is 11.9. The van der Waals surface area contributed by atoms with Gasteiger partial charge in [0.2, 0.25) is 0 Å². The van der Waals surface area contributed by atoms with Crippen LogP contribution < -0.4 is 5.32 Å². The van der Waals surface area contributed by atoms with E-state index in [-0.39, 0.29) is 21.4 Å². The highest BCUT2D eigenvalue weighted by Crippen LogP contribution is 2.20. The second kappa shape index (κ2) is 6.66. The van der Waals surface area contributed by atoms with Crippen molar-refractivity contribution >= 4 is 35.2 Å². The van der Waals surface area contributed by atoms with Crippen LogP contribution in [0.3, 0.4) is 0 Å². The minimum absolute atomic E-state index is 0.0139. The summed E-state index contributed by atoms with van der Waals surface area (Å²) in [4.78, 5) is 23.0. The van der Waals surface area contributed by atoms with E-state index < -0.39 is 11.9 Å². The van der Waals surface area contributed by atoms with Crippen molar-refractivity contribution in [2.75, 3.05) is 12.8 Å². The summed E-state index contributed by atoms with van der Waals surface area (Å²) in [6.07, 6.45) is 1.94. The first-order valence-corrected chi connectivity index (χ1v) is 6.96. The summed E-state index contributed by atoms with van der Waals surface area (Å²) >= 11 is 7.50. The van der Waals surface area contributed by atoms with E-state index in [9.17, 15) is 9.59 Å². The number of hydrogen-bond donors (Lipinski definition) is 2. The van der Waals surface area contributed by atoms with Crippen molar-refractivity contribution in [3.05, 3.63) is 34.3 Å². The molecule has 4 nitrogen and oxygen atoms in total. The third-order valence-electron chi connectivity index (χ3n) is 2.42. The van der Waals surface area contributed by atoms with Crippen LogP contribution in [0.15, 0.2) is 18.2 Å². The van der Waals surface area contributed by atoms with E-state index in [1.807, 2.05) is 13.2 Å². The first-order chi connectivity index (χ1) is 8.47. The molecular formula is C12H14ClNO3S. The van der Waals surface area contributed by atoms with E-state index in [2.05, 4.69) is 5.32 Å². The number of halogens is 1. The Kier molecular flexibility index (Phi) is 5.50. The molecule has 2 N–H and O–H groups in total. The number of nitrogens with one attached hydrogen (secondary N) is 1. The Morgan fingerprint density at radius 3 is 2.72 bits per heavy atom. The summed E-state index contributed by atoms with van der Waals surface area (Å²) in [6.45, 7) is 2.43. The fourth-order valence-electron chi connectivity index (χ4n) is 1.34. The molecule has 0 bridgehead atoms. The van der Waals surface area contributed by atoms with Crippen LogP contribution in [0.2, 0.25) is 5.02 Å². The molecule has 1 unspecified atom stereocenters. The first-order valence-electron chi connectivity index (χ1n) is 5.30. The maximum absolute atomic E-state index is 11.9. The molecule has 1 aromatic carbocycles. The smallest absolute Gasteiger partial charge is 0.336 e. The highest BCUT2D eigenvalue weighted by Gasteiger charge is 2.19. The van der Waals surface area contributed by atoms with Gasteiger partial charge in [-0.25, -0.2) is 4.79 Å². The zero-order chi connectivity index (χ0) is 13.7. The van der Waals surface area contributed by atoms with Crippen LogP contribution in [0.1, 0.15) is 27.6 Å². The monoisotopic (exact) mass is 287 g/mol. The predicted molar refractivity (Wildman–Crippen MR) is 73.7 cm³/mol. The largest absolute Gasteiger partial charge is 0.478 e. The van der Waals surface area contributed by atoms with Crippen LogP contribution in [-0.2, 0) is 0 Å². The molecule has 0 fully saturated rings. The third-order valence-corrected chi connectivity index (χ3v) is 3.71. The molecule has 0 aliphatic heterocycles. The Morgan fingerprint density at radius 1 is 1.50 bits per heavy atom. The molecule has 0 aliphatic rings. The van der Waals surface area contributed by atoms with Crippen molar-refractivity contribution in [3.8, 4) is 0 Å².